The Morgan fingerprint density at radius 1 is 1.25 bits per heavy atom. The van der Waals surface area contributed by atoms with Gasteiger partial charge in [0, 0.05) is 11.6 Å². The monoisotopic (exact) mass is 228 g/mol. The average molecular weight is 228 g/mol. The van der Waals surface area contributed by atoms with E-state index >= 15 is 0 Å². The van der Waals surface area contributed by atoms with Gasteiger partial charge in [-0.15, -0.1) is 0 Å². The number of hydrogen-bond acceptors (Lipinski definition) is 2. The van der Waals surface area contributed by atoms with E-state index in [9.17, 15) is 8.78 Å². The second-order valence-electron chi connectivity index (χ2n) is 4.07. The van der Waals surface area contributed by atoms with E-state index in [0.717, 1.165) is 6.54 Å². The largest absolute Gasteiger partial charge is 0.313 e. The molecule has 4 heteroatoms. The van der Waals surface area contributed by atoms with Gasteiger partial charge in [-0.3, -0.25) is 0 Å². The summed E-state index contributed by atoms with van der Waals surface area (Å²) < 4.78 is 27.0. The van der Waals surface area contributed by atoms with E-state index in [2.05, 4.69) is 5.32 Å². The summed E-state index contributed by atoms with van der Waals surface area (Å²) in [5.41, 5.74) is 0.131. The summed E-state index contributed by atoms with van der Waals surface area (Å²) in [5, 5.41) is 2.95. The maximum absolute atomic E-state index is 13.5. The summed E-state index contributed by atoms with van der Waals surface area (Å²) in [7, 11) is 5.58. The third kappa shape index (κ3) is 3.25. The molecule has 0 bridgehead atoms. The van der Waals surface area contributed by atoms with Gasteiger partial charge < -0.3 is 10.2 Å². The first kappa shape index (κ1) is 13.1. The lowest BCUT2D eigenvalue weighted by atomic mass is 10.0. The summed E-state index contributed by atoms with van der Waals surface area (Å²) in [6.45, 7) is 0.777. The van der Waals surface area contributed by atoms with E-state index in [1.54, 1.807) is 7.05 Å². The molecular weight excluding hydrogens is 210 g/mol. The zero-order valence-electron chi connectivity index (χ0n) is 9.93. The number of nitrogens with zero attached hydrogens (tertiary/aromatic N) is 1. The maximum atomic E-state index is 13.5. The highest BCUT2D eigenvalue weighted by molar-refractivity contribution is 5.23. The Morgan fingerprint density at radius 3 is 2.25 bits per heavy atom. The number of rotatable bonds is 5. The Hall–Kier alpha value is -1.00. The summed E-state index contributed by atoms with van der Waals surface area (Å²) in [5.74, 6) is -0.976. The zero-order valence-corrected chi connectivity index (χ0v) is 9.93. The molecule has 0 aliphatic rings. The van der Waals surface area contributed by atoms with Crippen molar-refractivity contribution in [3.05, 3.63) is 35.4 Å². The molecule has 1 rings (SSSR count). The summed E-state index contributed by atoms with van der Waals surface area (Å²) >= 11 is 0. The van der Waals surface area contributed by atoms with Gasteiger partial charge in [0.2, 0.25) is 0 Å². The molecule has 0 aliphatic carbocycles. The van der Waals surface area contributed by atoms with Gasteiger partial charge in [-0.25, -0.2) is 8.78 Å². The molecule has 1 N–H and O–H groups in total. The molecule has 0 fully saturated rings. The Bertz CT molecular complexity index is 320. The molecule has 90 valence electrons. The molecule has 1 unspecified atom stereocenters. The summed E-state index contributed by atoms with van der Waals surface area (Å²) in [4.78, 5) is 1.99. The molecule has 0 saturated carbocycles. The van der Waals surface area contributed by atoms with E-state index < -0.39 is 11.6 Å². The van der Waals surface area contributed by atoms with Gasteiger partial charge in [-0.05, 0) is 46.2 Å². The highest BCUT2D eigenvalue weighted by Crippen LogP contribution is 2.22. The van der Waals surface area contributed by atoms with Gasteiger partial charge in [-0.2, -0.15) is 0 Å². The highest BCUT2D eigenvalue weighted by atomic mass is 19.1. The Labute approximate surface area is 95.3 Å². The minimum Gasteiger partial charge on any atom is -0.313 e. The van der Waals surface area contributed by atoms with Crippen molar-refractivity contribution in [2.75, 3.05) is 27.7 Å². The standard InChI is InChI=1S/C12H18F2N2/c1-15-11(7-8-16(2)3)12-9(13)5-4-6-10(12)14/h4-6,11,15H,7-8H2,1-3H3. The van der Waals surface area contributed by atoms with Crippen LogP contribution in [0.4, 0.5) is 8.78 Å². The first-order valence-corrected chi connectivity index (χ1v) is 5.32. The Kier molecular flexibility index (Phi) is 4.83. The van der Waals surface area contributed by atoms with Crippen molar-refractivity contribution >= 4 is 0 Å². The molecule has 1 atom stereocenters. The number of hydrogen-bond donors (Lipinski definition) is 1. The fraction of sp³-hybridized carbons (Fsp3) is 0.500. The maximum Gasteiger partial charge on any atom is 0.130 e. The van der Waals surface area contributed by atoms with Crippen LogP contribution in [0.5, 0.6) is 0 Å². The number of nitrogens with one attached hydrogen (secondary N) is 1. The fourth-order valence-electron chi connectivity index (χ4n) is 1.66. The lowest BCUT2D eigenvalue weighted by Gasteiger charge is -2.20. The lowest BCUT2D eigenvalue weighted by molar-refractivity contribution is 0.359. The molecule has 0 heterocycles. The van der Waals surface area contributed by atoms with Gasteiger partial charge in [-0.1, -0.05) is 6.07 Å². The van der Waals surface area contributed by atoms with Crippen molar-refractivity contribution in [2.24, 2.45) is 0 Å². The summed E-state index contributed by atoms with van der Waals surface area (Å²) in [6, 6.07) is 3.67. The third-order valence-electron chi connectivity index (χ3n) is 2.56. The first-order valence-electron chi connectivity index (χ1n) is 5.32. The minimum atomic E-state index is -0.488. The number of halogens is 2. The average Bonchev–Trinajstić information content (AvgIpc) is 2.22. The molecule has 0 amide bonds. The van der Waals surface area contributed by atoms with Crippen molar-refractivity contribution in [2.45, 2.75) is 12.5 Å². The predicted octanol–water partition coefficient (Wildman–Crippen LogP) is 2.18. The Morgan fingerprint density at radius 2 is 1.81 bits per heavy atom. The molecule has 0 spiro atoms. The van der Waals surface area contributed by atoms with Crippen LogP contribution in [0.15, 0.2) is 18.2 Å². The van der Waals surface area contributed by atoms with Crippen molar-refractivity contribution in [3.8, 4) is 0 Å². The van der Waals surface area contributed by atoms with E-state index in [0.29, 0.717) is 6.42 Å². The molecular formula is C12H18F2N2. The second kappa shape index (κ2) is 5.92. The highest BCUT2D eigenvalue weighted by Gasteiger charge is 2.18. The fourth-order valence-corrected chi connectivity index (χ4v) is 1.66. The molecule has 2 nitrogen and oxygen atoms in total. The van der Waals surface area contributed by atoms with Crippen molar-refractivity contribution in [1.29, 1.82) is 0 Å². The van der Waals surface area contributed by atoms with Crippen LogP contribution >= 0.6 is 0 Å². The molecule has 0 saturated heterocycles. The van der Waals surface area contributed by atoms with Crippen LogP contribution in [-0.4, -0.2) is 32.6 Å². The van der Waals surface area contributed by atoms with Crippen LogP contribution in [-0.2, 0) is 0 Å². The van der Waals surface area contributed by atoms with Gasteiger partial charge in [0.25, 0.3) is 0 Å². The van der Waals surface area contributed by atoms with Crippen LogP contribution in [0.1, 0.15) is 18.0 Å². The van der Waals surface area contributed by atoms with Crippen molar-refractivity contribution in [1.82, 2.24) is 10.2 Å². The normalized spacial score (nSPS) is 13.1. The molecule has 0 aromatic heterocycles. The van der Waals surface area contributed by atoms with Crippen LogP contribution < -0.4 is 5.32 Å². The van der Waals surface area contributed by atoms with Crippen LogP contribution in [0.25, 0.3) is 0 Å². The lowest BCUT2D eigenvalue weighted by Crippen LogP contribution is -2.24. The molecule has 16 heavy (non-hydrogen) atoms. The smallest absolute Gasteiger partial charge is 0.130 e. The minimum absolute atomic E-state index is 0.131. The quantitative estimate of drug-likeness (QED) is 0.831. The van der Waals surface area contributed by atoms with E-state index in [1.165, 1.54) is 18.2 Å². The second-order valence-corrected chi connectivity index (χ2v) is 4.07. The van der Waals surface area contributed by atoms with Gasteiger partial charge in [0.1, 0.15) is 11.6 Å². The molecule has 1 aromatic rings. The molecule has 0 radical (unpaired) electrons. The third-order valence-corrected chi connectivity index (χ3v) is 2.56. The topological polar surface area (TPSA) is 15.3 Å². The van der Waals surface area contributed by atoms with Gasteiger partial charge in [0.05, 0.1) is 0 Å². The van der Waals surface area contributed by atoms with Gasteiger partial charge in [0.15, 0.2) is 0 Å². The Balaban J connectivity index is 2.86. The van der Waals surface area contributed by atoms with Gasteiger partial charge >= 0.3 is 0 Å². The van der Waals surface area contributed by atoms with Crippen LogP contribution in [0, 0.1) is 11.6 Å². The van der Waals surface area contributed by atoms with Crippen LogP contribution in [0.3, 0.4) is 0 Å². The van der Waals surface area contributed by atoms with E-state index in [1.807, 2.05) is 19.0 Å². The van der Waals surface area contributed by atoms with Crippen LogP contribution in [0.2, 0.25) is 0 Å². The summed E-state index contributed by atoms with van der Waals surface area (Å²) in [6.07, 6.45) is 0.668. The SMILES string of the molecule is CNC(CCN(C)C)c1c(F)cccc1F. The molecule has 1 aromatic carbocycles. The number of benzene rings is 1. The molecule has 0 aliphatic heterocycles. The predicted molar refractivity (Wildman–Crippen MR) is 61.3 cm³/mol. The first-order chi connectivity index (χ1) is 7.56. The van der Waals surface area contributed by atoms with E-state index in [-0.39, 0.29) is 11.6 Å². The zero-order chi connectivity index (χ0) is 12.1. The van der Waals surface area contributed by atoms with Crippen molar-refractivity contribution in [3.63, 3.8) is 0 Å². The van der Waals surface area contributed by atoms with Crippen molar-refractivity contribution < 1.29 is 8.78 Å². The van der Waals surface area contributed by atoms with E-state index in [4.69, 9.17) is 0 Å².